The van der Waals surface area contributed by atoms with Gasteiger partial charge in [-0.2, -0.15) is 0 Å². The molecule has 3 rings (SSSR count). The first-order valence-electron chi connectivity index (χ1n) is 12.9. The van der Waals surface area contributed by atoms with Gasteiger partial charge in [-0.3, -0.25) is 13.9 Å². The Morgan fingerprint density at radius 1 is 1.03 bits per heavy atom. The van der Waals surface area contributed by atoms with Crippen molar-refractivity contribution in [3.8, 4) is 0 Å². The Kier molecular flexibility index (Phi) is 10.0. The number of amides is 2. The molecule has 9 heteroatoms. The highest BCUT2D eigenvalue weighted by Crippen LogP contribution is 2.29. The van der Waals surface area contributed by atoms with Crippen LogP contribution in [0.5, 0.6) is 0 Å². The van der Waals surface area contributed by atoms with Crippen LogP contribution in [0, 0.1) is 0 Å². The molecule has 2 amide bonds. The van der Waals surface area contributed by atoms with Crippen LogP contribution in [-0.2, 0) is 26.2 Å². The Morgan fingerprint density at radius 2 is 1.70 bits per heavy atom. The van der Waals surface area contributed by atoms with E-state index in [0.717, 1.165) is 47.4 Å². The van der Waals surface area contributed by atoms with Gasteiger partial charge in [-0.25, -0.2) is 8.42 Å². The van der Waals surface area contributed by atoms with Crippen LogP contribution in [0.3, 0.4) is 0 Å². The number of carbonyl (C=O) groups is 2. The van der Waals surface area contributed by atoms with E-state index in [1.807, 2.05) is 32.0 Å². The summed E-state index contributed by atoms with van der Waals surface area (Å²) in [4.78, 5) is 28.5. The fraction of sp³-hybridized carbons (Fsp3) is 0.500. The van der Waals surface area contributed by atoms with E-state index in [1.54, 1.807) is 37.3 Å². The number of rotatable bonds is 10. The first kappa shape index (κ1) is 29.0. The number of nitrogens with one attached hydrogen (secondary N) is 1. The summed E-state index contributed by atoms with van der Waals surface area (Å²) < 4.78 is 26.9. The molecule has 1 aliphatic rings. The Morgan fingerprint density at radius 3 is 2.32 bits per heavy atom. The highest BCUT2D eigenvalue weighted by atomic mass is 35.5. The normalized spacial score (nSPS) is 15.3. The van der Waals surface area contributed by atoms with Gasteiger partial charge >= 0.3 is 0 Å². The molecule has 2 aromatic carbocycles. The van der Waals surface area contributed by atoms with Crippen molar-refractivity contribution in [3.63, 3.8) is 0 Å². The van der Waals surface area contributed by atoms with E-state index in [4.69, 9.17) is 11.6 Å². The summed E-state index contributed by atoms with van der Waals surface area (Å²) in [6.45, 7) is 5.36. The van der Waals surface area contributed by atoms with Crippen molar-refractivity contribution < 1.29 is 18.0 Å². The fourth-order valence-electron chi connectivity index (χ4n) is 4.78. The maximum Gasteiger partial charge on any atom is 0.244 e. The summed E-state index contributed by atoms with van der Waals surface area (Å²) in [5, 5.41) is 3.62. The molecule has 1 atom stereocenters. The lowest BCUT2D eigenvalue weighted by molar-refractivity contribution is -0.139. The zero-order valence-corrected chi connectivity index (χ0v) is 23.7. The molecule has 37 heavy (non-hydrogen) atoms. The standard InChI is InChI=1S/C28H38ClN3O4S/c1-20(2)25-15-8-9-16-26(25)32(37(4,35)36)19-27(33)31(18-22-11-10-12-23(29)17-22)21(3)28(34)30-24-13-6-5-7-14-24/h8-12,15-17,20-21,24H,5-7,13-14,18-19H2,1-4H3,(H,30,34). The van der Waals surface area contributed by atoms with E-state index >= 15 is 0 Å². The van der Waals surface area contributed by atoms with Gasteiger partial charge in [0.15, 0.2) is 0 Å². The predicted molar refractivity (Wildman–Crippen MR) is 149 cm³/mol. The Balaban J connectivity index is 1.92. The molecule has 1 fully saturated rings. The molecule has 0 aliphatic heterocycles. The van der Waals surface area contributed by atoms with E-state index < -0.39 is 28.5 Å². The highest BCUT2D eigenvalue weighted by molar-refractivity contribution is 7.92. The van der Waals surface area contributed by atoms with Crippen LogP contribution in [0.25, 0.3) is 0 Å². The molecule has 0 aromatic heterocycles. The lowest BCUT2D eigenvalue weighted by atomic mass is 9.95. The largest absolute Gasteiger partial charge is 0.352 e. The summed E-state index contributed by atoms with van der Waals surface area (Å²) >= 11 is 6.18. The zero-order chi connectivity index (χ0) is 27.2. The quantitative estimate of drug-likeness (QED) is 0.448. The third kappa shape index (κ3) is 7.95. The number of anilines is 1. The van der Waals surface area contributed by atoms with Crippen LogP contribution in [0.2, 0.25) is 5.02 Å². The molecule has 0 radical (unpaired) electrons. The average molecular weight is 548 g/mol. The van der Waals surface area contributed by atoms with Gasteiger partial charge < -0.3 is 10.2 Å². The summed E-state index contributed by atoms with van der Waals surface area (Å²) in [6, 6.07) is 13.6. The molecule has 1 aliphatic carbocycles. The minimum absolute atomic E-state index is 0.0540. The molecular formula is C28H38ClN3O4S. The van der Waals surface area contributed by atoms with Crippen molar-refractivity contribution in [3.05, 3.63) is 64.7 Å². The minimum atomic E-state index is -3.79. The maximum atomic E-state index is 13.8. The number of benzene rings is 2. The van der Waals surface area contributed by atoms with Crippen LogP contribution < -0.4 is 9.62 Å². The number of para-hydroxylation sites is 1. The van der Waals surface area contributed by atoms with Gasteiger partial charge in [-0.1, -0.05) is 75.0 Å². The predicted octanol–water partition coefficient (Wildman–Crippen LogP) is 5.10. The van der Waals surface area contributed by atoms with Crippen LogP contribution >= 0.6 is 11.6 Å². The van der Waals surface area contributed by atoms with Crippen LogP contribution in [0.1, 0.15) is 69.9 Å². The first-order chi connectivity index (χ1) is 17.5. The number of hydrogen-bond donors (Lipinski definition) is 1. The summed E-state index contributed by atoms with van der Waals surface area (Å²) in [6.07, 6.45) is 6.26. The second-order valence-corrected chi connectivity index (χ2v) is 12.5. The van der Waals surface area contributed by atoms with Gasteiger partial charge in [-0.15, -0.1) is 0 Å². The van der Waals surface area contributed by atoms with Gasteiger partial charge in [0, 0.05) is 17.6 Å². The lowest BCUT2D eigenvalue weighted by Gasteiger charge is -2.33. The lowest BCUT2D eigenvalue weighted by Crippen LogP contribution is -2.53. The van der Waals surface area contributed by atoms with Gasteiger partial charge in [0.05, 0.1) is 11.9 Å². The van der Waals surface area contributed by atoms with E-state index in [0.29, 0.717) is 10.7 Å². The Labute approximate surface area is 226 Å². The van der Waals surface area contributed by atoms with Crippen LogP contribution in [-0.4, -0.2) is 50.0 Å². The molecule has 1 saturated carbocycles. The second-order valence-electron chi connectivity index (χ2n) is 10.2. The van der Waals surface area contributed by atoms with Crippen molar-refractivity contribution in [1.82, 2.24) is 10.2 Å². The summed E-state index contributed by atoms with van der Waals surface area (Å²) in [5.41, 5.74) is 2.05. The summed E-state index contributed by atoms with van der Waals surface area (Å²) in [5.74, 6) is -0.649. The molecule has 202 valence electrons. The van der Waals surface area contributed by atoms with E-state index in [9.17, 15) is 18.0 Å². The Bertz CT molecular complexity index is 1200. The van der Waals surface area contributed by atoms with Crippen LogP contribution in [0.15, 0.2) is 48.5 Å². The topological polar surface area (TPSA) is 86.8 Å². The number of hydrogen-bond acceptors (Lipinski definition) is 4. The number of carbonyl (C=O) groups excluding carboxylic acids is 2. The number of halogens is 1. The number of nitrogens with zero attached hydrogens (tertiary/aromatic N) is 2. The van der Waals surface area contributed by atoms with Crippen molar-refractivity contribution in [2.24, 2.45) is 0 Å². The SMILES string of the molecule is CC(C)c1ccccc1N(CC(=O)N(Cc1cccc(Cl)c1)C(C)C(=O)NC1CCCCC1)S(C)(=O)=O. The molecule has 7 nitrogen and oxygen atoms in total. The van der Waals surface area contributed by atoms with Gasteiger partial charge in [0.25, 0.3) is 0 Å². The third-order valence-corrected chi connectivity index (χ3v) is 8.23. The Hall–Kier alpha value is -2.58. The van der Waals surface area contributed by atoms with E-state index in [2.05, 4.69) is 5.32 Å². The van der Waals surface area contributed by atoms with E-state index in [-0.39, 0.29) is 24.4 Å². The third-order valence-electron chi connectivity index (χ3n) is 6.87. The monoisotopic (exact) mass is 547 g/mol. The zero-order valence-electron chi connectivity index (χ0n) is 22.1. The second kappa shape index (κ2) is 12.8. The van der Waals surface area contributed by atoms with E-state index in [1.165, 1.54) is 11.3 Å². The molecule has 0 bridgehead atoms. The maximum absolute atomic E-state index is 13.8. The molecule has 1 unspecified atom stereocenters. The van der Waals surface area contributed by atoms with Gasteiger partial charge in [0.2, 0.25) is 21.8 Å². The molecule has 0 heterocycles. The first-order valence-corrected chi connectivity index (χ1v) is 15.1. The highest BCUT2D eigenvalue weighted by Gasteiger charge is 2.32. The minimum Gasteiger partial charge on any atom is -0.352 e. The molecule has 0 saturated heterocycles. The van der Waals surface area contributed by atoms with Gasteiger partial charge in [0.1, 0.15) is 12.6 Å². The van der Waals surface area contributed by atoms with Crippen LogP contribution in [0.4, 0.5) is 5.69 Å². The van der Waals surface area contributed by atoms with Crippen molar-refractivity contribution in [2.75, 3.05) is 17.1 Å². The van der Waals surface area contributed by atoms with Crippen molar-refractivity contribution in [2.45, 2.75) is 77.4 Å². The average Bonchev–Trinajstić information content (AvgIpc) is 2.85. The smallest absolute Gasteiger partial charge is 0.244 e. The fourth-order valence-corrected chi connectivity index (χ4v) is 5.86. The van der Waals surface area contributed by atoms with Crippen molar-refractivity contribution >= 4 is 39.1 Å². The number of sulfonamides is 1. The van der Waals surface area contributed by atoms with Gasteiger partial charge in [-0.05, 0) is 55.0 Å². The van der Waals surface area contributed by atoms with Crippen molar-refractivity contribution in [1.29, 1.82) is 0 Å². The molecule has 1 N–H and O–H groups in total. The summed E-state index contributed by atoms with van der Waals surface area (Å²) in [7, 11) is -3.79. The molecular weight excluding hydrogens is 510 g/mol. The molecule has 0 spiro atoms. The molecule has 2 aromatic rings.